The van der Waals surface area contributed by atoms with Crippen molar-refractivity contribution in [2.75, 3.05) is 0 Å². The van der Waals surface area contributed by atoms with Gasteiger partial charge in [0.1, 0.15) is 5.78 Å². The Hall–Kier alpha value is -0.280. The SMILES string of the molecule is C[C@H]1C(=O)CC[C@@]2(C)C1CC[C@@]1(C)C3CCC4(SO)CCC(C)(C)CCC4C3=CCC12. The monoisotopic (exact) mass is 444 g/mol. The fourth-order valence-corrected chi connectivity index (χ4v) is 10.4. The molecule has 0 saturated heterocycles. The quantitative estimate of drug-likeness (QED) is 0.329. The third-order valence-corrected chi connectivity index (χ3v) is 12.7. The van der Waals surface area contributed by atoms with Crippen LogP contribution in [0.4, 0.5) is 0 Å². The maximum atomic E-state index is 12.5. The molecule has 0 spiro atoms. The van der Waals surface area contributed by atoms with Crippen LogP contribution in [-0.2, 0) is 4.79 Å². The van der Waals surface area contributed by atoms with Crippen molar-refractivity contribution in [3.8, 4) is 0 Å². The zero-order valence-corrected chi connectivity index (χ0v) is 21.3. The van der Waals surface area contributed by atoms with Crippen LogP contribution in [0.25, 0.3) is 0 Å². The van der Waals surface area contributed by atoms with Crippen LogP contribution in [0.3, 0.4) is 0 Å². The first kappa shape index (κ1) is 22.5. The molecule has 0 aromatic rings. The number of rotatable bonds is 1. The topological polar surface area (TPSA) is 37.3 Å². The number of hydrogen-bond acceptors (Lipinski definition) is 3. The molecule has 0 aromatic heterocycles. The summed E-state index contributed by atoms with van der Waals surface area (Å²) < 4.78 is 10.6. The minimum Gasteiger partial charge on any atom is -0.329 e. The van der Waals surface area contributed by atoms with Gasteiger partial charge in [0.05, 0.1) is 0 Å². The van der Waals surface area contributed by atoms with E-state index in [2.05, 4.69) is 40.7 Å². The van der Waals surface area contributed by atoms with Crippen molar-refractivity contribution in [1.29, 1.82) is 0 Å². The molecule has 31 heavy (non-hydrogen) atoms. The average Bonchev–Trinajstić information content (AvgIpc) is 2.87. The molecule has 1 N–H and O–H groups in total. The molecule has 5 aliphatic rings. The van der Waals surface area contributed by atoms with Gasteiger partial charge in [0.25, 0.3) is 0 Å². The van der Waals surface area contributed by atoms with Crippen LogP contribution in [-0.4, -0.2) is 15.1 Å². The molecule has 5 rings (SSSR count). The van der Waals surface area contributed by atoms with Crippen LogP contribution >= 0.6 is 12.0 Å². The number of Topliss-reactive ketones (excluding diaryl/α,β-unsaturated/α-hetero) is 1. The van der Waals surface area contributed by atoms with Crippen molar-refractivity contribution < 1.29 is 9.35 Å². The van der Waals surface area contributed by atoms with Gasteiger partial charge in [-0.1, -0.05) is 46.3 Å². The lowest BCUT2D eigenvalue weighted by atomic mass is 9.40. The first-order valence-corrected chi connectivity index (χ1v) is 13.9. The Morgan fingerprint density at radius 1 is 0.903 bits per heavy atom. The highest BCUT2D eigenvalue weighted by Crippen LogP contribution is 2.69. The van der Waals surface area contributed by atoms with Crippen LogP contribution in [0.15, 0.2) is 11.6 Å². The number of hydrogen-bond donors (Lipinski definition) is 1. The van der Waals surface area contributed by atoms with Gasteiger partial charge in [-0.25, -0.2) is 0 Å². The smallest absolute Gasteiger partial charge is 0.136 e. The van der Waals surface area contributed by atoms with Crippen LogP contribution < -0.4 is 0 Å². The molecule has 0 aromatic carbocycles. The Kier molecular flexibility index (Phi) is 5.34. The minimum absolute atomic E-state index is 0.0478. The number of allylic oxidation sites excluding steroid dienone is 2. The highest BCUT2D eigenvalue weighted by molar-refractivity contribution is 7.95. The second kappa shape index (κ2) is 7.36. The van der Waals surface area contributed by atoms with Gasteiger partial charge >= 0.3 is 0 Å². The van der Waals surface area contributed by atoms with E-state index >= 15 is 0 Å². The predicted octanol–water partition coefficient (Wildman–Crippen LogP) is 7.93. The molecule has 0 aliphatic heterocycles. The van der Waals surface area contributed by atoms with Gasteiger partial charge in [0.15, 0.2) is 0 Å². The molecule has 5 aliphatic carbocycles. The highest BCUT2D eigenvalue weighted by Gasteiger charge is 2.62. The number of fused-ring (bicyclic) bond motifs is 7. The van der Waals surface area contributed by atoms with Crippen molar-refractivity contribution in [3.05, 3.63) is 11.6 Å². The molecule has 5 unspecified atom stereocenters. The number of ketones is 1. The van der Waals surface area contributed by atoms with E-state index in [1.54, 1.807) is 5.57 Å². The summed E-state index contributed by atoms with van der Waals surface area (Å²) in [5, 5.41) is 0. The van der Waals surface area contributed by atoms with Crippen LogP contribution in [0.1, 0.15) is 105 Å². The second-order valence-corrected chi connectivity index (χ2v) is 14.4. The summed E-state index contributed by atoms with van der Waals surface area (Å²) in [4.78, 5) is 12.5. The Morgan fingerprint density at radius 2 is 1.65 bits per heavy atom. The van der Waals surface area contributed by atoms with E-state index < -0.39 is 0 Å². The molecular formula is C28H44O2S. The lowest BCUT2D eigenvalue weighted by Gasteiger charge is -2.65. The predicted molar refractivity (Wildman–Crippen MR) is 130 cm³/mol. The minimum atomic E-state index is 0.0478. The molecule has 2 nitrogen and oxygen atoms in total. The number of carbonyl (C=O) groups excluding carboxylic acids is 1. The molecule has 4 saturated carbocycles. The summed E-state index contributed by atoms with van der Waals surface area (Å²) in [6.45, 7) is 12.2. The Balaban J connectivity index is 1.51. The second-order valence-electron chi connectivity index (χ2n) is 13.4. The van der Waals surface area contributed by atoms with E-state index in [0.717, 1.165) is 19.3 Å². The summed E-state index contributed by atoms with van der Waals surface area (Å²) in [6.07, 6.45) is 15.6. The van der Waals surface area contributed by atoms with E-state index in [-0.39, 0.29) is 10.7 Å². The van der Waals surface area contributed by atoms with Crippen molar-refractivity contribution in [1.82, 2.24) is 0 Å². The molecule has 174 valence electrons. The zero-order chi connectivity index (χ0) is 22.2. The lowest BCUT2D eigenvalue weighted by molar-refractivity contribution is -0.151. The summed E-state index contributed by atoms with van der Waals surface area (Å²) in [5.41, 5.74) is 2.80. The largest absolute Gasteiger partial charge is 0.329 e. The third-order valence-electron chi connectivity index (χ3n) is 11.7. The first-order chi connectivity index (χ1) is 14.6. The van der Waals surface area contributed by atoms with Crippen molar-refractivity contribution >= 4 is 17.8 Å². The van der Waals surface area contributed by atoms with Gasteiger partial charge < -0.3 is 4.55 Å². The molecule has 8 atom stereocenters. The maximum Gasteiger partial charge on any atom is 0.136 e. The van der Waals surface area contributed by atoms with E-state index in [1.807, 2.05) is 0 Å². The summed E-state index contributed by atoms with van der Waals surface area (Å²) in [7, 11) is 0. The first-order valence-electron chi connectivity index (χ1n) is 13.1. The molecule has 0 bridgehead atoms. The fraction of sp³-hybridized carbons (Fsp3) is 0.893. The van der Waals surface area contributed by atoms with E-state index in [0.29, 0.717) is 45.7 Å². The van der Waals surface area contributed by atoms with Crippen molar-refractivity contribution in [2.45, 2.75) is 110 Å². The van der Waals surface area contributed by atoms with Gasteiger partial charge in [-0.2, -0.15) is 0 Å². The van der Waals surface area contributed by atoms with Gasteiger partial charge in [-0.05, 0) is 116 Å². The third kappa shape index (κ3) is 3.18. The zero-order valence-electron chi connectivity index (χ0n) is 20.5. The van der Waals surface area contributed by atoms with E-state index in [4.69, 9.17) is 0 Å². The molecule has 4 fully saturated rings. The summed E-state index contributed by atoms with van der Waals surface area (Å²) in [6, 6.07) is 0. The van der Waals surface area contributed by atoms with Crippen LogP contribution in [0.5, 0.6) is 0 Å². The highest BCUT2D eigenvalue weighted by atomic mass is 32.2. The standard InChI is InChI=1S/C28H44O2S/c1-18-20-9-13-27(5)21-10-15-28(31-30)17-16-25(2,3)12-8-22(28)19(21)6-7-24(27)26(20,4)14-11-23(18)29/h6,18,20-22,24,30H,7-17H2,1-5H3/t18-,20?,21?,22?,24?,26+,27+,28?/m1/s1. The average molecular weight is 445 g/mol. The lowest BCUT2D eigenvalue weighted by Crippen LogP contribution is -2.59. The van der Waals surface area contributed by atoms with E-state index in [1.165, 1.54) is 63.4 Å². The summed E-state index contributed by atoms with van der Waals surface area (Å²) in [5.74, 6) is 3.29. The molecule has 0 heterocycles. The number of carbonyl (C=O) groups is 1. The molecule has 0 amide bonds. The van der Waals surface area contributed by atoms with Gasteiger partial charge in [-0.15, -0.1) is 0 Å². The Morgan fingerprint density at radius 3 is 2.39 bits per heavy atom. The van der Waals surface area contributed by atoms with Crippen molar-refractivity contribution in [2.24, 2.45) is 45.8 Å². The Labute approximate surface area is 194 Å². The van der Waals surface area contributed by atoms with Gasteiger partial charge in [-0.3, -0.25) is 4.79 Å². The van der Waals surface area contributed by atoms with Crippen molar-refractivity contribution in [3.63, 3.8) is 0 Å². The van der Waals surface area contributed by atoms with Crippen LogP contribution in [0.2, 0.25) is 0 Å². The van der Waals surface area contributed by atoms with Gasteiger partial charge in [0.2, 0.25) is 0 Å². The maximum absolute atomic E-state index is 12.5. The molecule has 0 radical (unpaired) electrons. The van der Waals surface area contributed by atoms with E-state index in [9.17, 15) is 9.35 Å². The summed E-state index contributed by atoms with van der Waals surface area (Å²) >= 11 is 1.21. The molecular weight excluding hydrogens is 400 g/mol. The molecule has 3 heteroatoms. The van der Waals surface area contributed by atoms with Crippen LogP contribution in [0, 0.1) is 45.8 Å². The Bertz CT molecular complexity index is 786. The fourth-order valence-electron chi connectivity index (χ4n) is 9.58. The van der Waals surface area contributed by atoms with Gasteiger partial charge in [0, 0.05) is 17.1 Å². The normalized spacial score (nSPS) is 51.5.